The summed E-state index contributed by atoms with van der Waals surface area (Å²) in [6, 6.07) is 13.0. The summed E-state index contributed by atoms with van der Waals surface area (Å²) in [4.78, 5) is 24.2. The summed E-state index contributed by atoms with van der Waals surface area (Å²) >= 11 is 0. The maximum atomic E-state index is 13.2. The van der Waals surface area contributed by atoms with Gasteiger partial charge in [-0.25, -0.2) is 9.18 Å². The minimum atomic E-state index is -0.986. The minimum Gasteiger partial charge on any atom is -0.467 e. The fourth-order valence-electron chi connectivity index (χ4n) is 2.23. The maximum Gasteiger partial charge on any atom is 0.328 e. The highest BCUT2D eigenvalue weighted by Gasteiger charge is 2.23. The van der Waals surface area contributed by atoms with Gasteiger partial charge < -0.3 is 10.1 Å². The van der Waals surface area contributed by atoms with Crippen LogP contribution in [0.25, 0.3) is 0 Å². The molecule has 0 aliphatic carbocycles. The van der Waals surface area contributed by atoms with E-state index in [0.29, 0.717) is 11.1 Å². The van der Waals surface area contributed by atoms with Crippen LogP contribution in [0.4, 0.5) is 4.39 Å². The Morgan fingerprint density at radius 1 is 1.25 bits per heavy atom. The summed E-state index contributed by atoms with van der Waals surface area (Å²) in [5, 5.41) is 11.6. The zero-order chi connectivity index (χ0) is 17.5. The van der Waals surface area contributed by atoms with E-state index in [1.165, 1.54) is 25.3 Å². The number of amides is 1. The van der Waals surface area contributed by atoms with Crippen LogP contribution in [0.1, 0.15) is 21.5 Å². The first kappa shape index (κ1) is 17.2. The Morgan fingerprint density at radius 3 is 2.67 bits per heavy atom. The standard InChI is InChI=1S/C18H15FN2O3/c1-24-18(23)16(10-12-5-2-3-6-14(12)11-20)21-17(22)13-7-4-8-15(19)9-13/h2-9,16H,10H2,1H3,(H,21,22)/t16-/m1/s1. The number of nitriles is 1. The van der Waals surface area contributed by atoms with Gasteiger partial charge in [-0.3, -0.25) is 4.79 Å². The van der Waals surface area contributed by atoms with E-state index in [4.69, 9.17) is 10.00 Å². The van der Waals surface area contributed by atoms with Crippen molar-refractivity contribution in [2.45, 2.75) is 12.5 Å². The van der Waals surface area contributed by atoms with Gasteiger partial charge in [-0.15, -0.1) is 0 Å². The molecular weight excluding hydrogens is 311 g/mol. The predicted octanol–water partition coefficient (Wildman–Crippen LogP) is 2.21. The molecule has 6 heteroatoms. The van der Waals surface area contributed by atoms with Crippen molar-refractivity contribution in [2.75, 3.05) is 7.11 Å². The molecule has 2 aromatic carbocycles. The van der Waals surface area contributed by atoms with Crippen LogP contribution in [-0.2, 0) is 16.0 Å². The zero-order valence-corrected chi connectivity index (χ0v) is 13.0. The molecular formula is C18H15FN2O3. The molecule has 1 amide bonds. The third-order valence-corrected chi connectivity index (χ3v) is 3.44. The summed E-state index contributed by atoms with van der Waals surface area (Å²) in [6.07, 6.45) is 0.0947. The van der Waals surface area contributed by atoms with Crippen molar-refractivity contribution in [3.63, 3.8) is 0 Å². The molecule has 2 rings (SSSR count). The van der Waals surface area contributed by atoms with Crippen LogP contribution in [0.2, 0.25) is 0 Å². The van der Waals surface area contributed by atoms with Gasteiger partial charge in [0, 0.05) is 12.0 Å². The molecule has 5 nitrogen and oxygen atoms in total. The Bertz CT molecular complexity index is 799. The summed E-state index contributed by atoms with van der Waals surface area (Å²) < 4.78 is 17.9. The molecule has 122 valence electrons. The minimum absolute atomic E-state index is 0.0947. The van der Waals surface area contributed by atoms with E-state index in [1.54, 1.807) is 24.3 Å². The van der Waals surface area contributed by atoms with Gasteiger partial charge in [0.05, 0.1) is 18.7 Å². The molecule has 1 atom stereocenters. The van der Waals surface area contributed by atoms with Crippen LogP contribution >= 0.6 is 0 Å². The smallest absolute Gasteiger partial charge is 0.328 e. The third-order valence-electron chi connectivity index (χ3n) is 3.44. The molecule has 0 heterocycles. The summed E-state index contributed by atoms with van der Waals surface area (Å²) in [5.41, 5.74) is 1.11. The van der Waals surface area contributed by atoms with Gasteiger partial charge in [0.1, 0.15) is 11.9 Å². The average Bonchev–Trinajstić information content (AvgIpc) is 2.60. The molecule has 0 saturated carbocycles. The highest BCUT2D eigenvalue weighted by Crippen LogP contribution is 2.12. The number of carbonyl (C=O) groups is 2. The third kappa shape index (κ3) is 4.17. The number of ether oxygens (including phenoxy) is 1. The van der Waals surface area contributed by atoms with E-state index in [-0.39, 0.29) is 12.0 Å². The zero-order valence-electron chi connectivity index (χ0n) is 13.0. The van der Waals surface area contributed by atoms with Crippen molar-refractivity contribution in [2.24, 2.45) is 0 Å². The molecule has 0 radical (unpaired) electrons. The van der Waals surface area contributed by atoms with Crippen molar-refractivity contribution in [3.05, 3.63) is 71.0 Å². The fourth-order valence-corrected chi connectivity index (χ4v) is 2.23. The fraction of sp³-hybridized carbons (Fsp3) is 0.167. The monoisotopic (exact) mass is 326 g/mol. The Hall–Kier alpha value is -3.20. The van der Waals surface area contributed by atoms with E-state index >= 15 is 0 Å². The van der Waals surface area contributed by atoms with Crippen LogP contribution in [-0.4, -0.2) is 25.0 Å². The molecule has 0 aliphatic heterocycles. The Morgan fingerprint density at radius 2 is 2.00 bits per heavy atom. The van der Waals surface area contributed by atoms with E-state index in [1.807, 2.05) is 6.07 Å². The van der Waals surface area contributed by atoms with Gasteiger partial charge in [-0.2, -0.15) is 5.26 Å². The van der Waals surface area contributed by atoms with Gasteiger partial charge >= 0.3 is 5.97 Å². The highest BCUT2D eigenvalue weighted by atomic mass is 19.1. The molecule has 24 heavy (non-hydrogen) atoms. The number of methoxy groups -OCH3 is 1. The van der Waals surface area contributed by atoms with Crippen LogP contribution in [0, 0.1) is 17.1 Å². The van der Waals surface area contributed by atoms with Crippen molar-refractivity contribution in [1.82, 2.24) is 5.32 Å². The van der Waals surface area contributed by atoms with Crippen LogP contribution in [0.5, 0.6) is 0 Å². The van der Waals surface area contributed by atoms with Crippen molar-refractivity contribution in [1.29, 1.82) is 5.26 Å². The lowest BCUT2D eigenvalue weighted by molar-refractivity contribution is -0.142. The average molecular weight is 326 g/mol. The summed E-state index contributed by atoms with van der Waals surface area (Å²) in [6.45, 7) is 0. The number of rotatable bonds is 5. The molecule has 2 aromatic rings. The lowest BCUT2D eigenvalue weighted by atomic mass is 10.0. The number of hydrogen-bond acceptors (Lipinski definition) is 4. The molecule has 0 bridgehead atoms. The number of esters is 1. The van der Waals surface area contributed by atoms with Gasteiger partial charge in [0.2, 0.25) is 0 Å². The maximum absolute atomic E-state index is 13.2. The van der Waals surface area contributed by atoms with Gasteiger partial charge in [0.15, 0.2) is 0 Å². The first-order chi connectivity index (χ1) is 11.5. The lowest BCUT2D eigenvalue weighted by Gasteiger charge is -2.17. The number of hydrogen-bond donors (Lipinski definition) is 1. The molecule has 0 aliphatic rings. The quantitative estimate of drug-likeness (QED) is 0.855. The topological polar surface area (TPSA) is 79.2 Å². The van der Waals surface area contributed by atoms with E-state index in [0.717, 1.165) is 6.07 Å². The van der Waals surface area contributed by atoms with E-state index in [2.05, 4.69) is 5.32 Å². The number of nitrogens with zero attached hydrogens (tertiary/aromatic N) is 1. The Labute approximate surface area is 138 Å². The SMILES string of the molecule is COC(=O)[C@@H](Cc1ccccc1C#N)NC(=O)c1cccc(F)c1. The van der Waals surface area contributed by atoms with Crippen LogP contribution in [0.3, 0.4) is 0 Å². The lowest BCUT2D eigenvalue weighted by Crippen LogP contribution is -2.43. The first-order valence-electron chi connectivity index (χ1n) is 7.17. The van der Waals surface area contributed by atoms with E-state index in [9.17, 15) is 14.0 Å². The van der Waals surface area contributed by atoms with Crippen LogP contribution in [0.15, 0.2) is 48.5 Å². The molecule has 0 fully saturated rings. The van der Waals surface area contributed by atoms with Crippen molar-refractivity contribution in [3.8, 4) is 6.07 Å². The summed E-state index contributed by atoms with van der Waals surface area (Å²) in [7, 11) is 1.21. The van der Waals surface area contributed by atoms with Gasteiger partial charge in [-0.1, -0.05) is 24.3 Å². The molecule has 1 N–H and O–H groups in total. The number of benzene rings is 2. The molecule has 0 unspecified atom stereocenters. The second-order valence-corrected chi connectivity index (χ2v) is 5.03. The molecule has 0 spiro atoms. The molecule has 0 saturated heterocycles. The first-order valence-corrected chi connectivity index (χ1v) is 7.17. The largest absolute Gasteiger partial charge is 0.467 e. The number of nitrogens with one attached hydrogen (secondary N) is 1. The number of carbonyl (C=O) groups excluding carboxylic acids is 2. The molecule has 0 aromatic heterocycles. The number of halogens is 1. The van der Waals surface area contributed by atoms with Crippen molar-refractivity contribution < 1.29 is 18.7 Å². The predicted molar refractivity (Wildman–Crippen MR) is 84.5 cm³/mol. The van der Waals surface area contributed by atoms with Gasteiger partial charge in [-0.05, 0) is 29.8 Å². The second-order valence-electron chi connectivity index (χ2n) is 5.03. The second kappa shape index (κ2) is 7.88. The Balaban J connectivity index is 2.22. The van der Waals surface area contributed by atoms with Gasteiger partial charge in [0.25, 0.3) is 5.91 Å². The highest BCUT2D eigenvalue weighted by molar-refractivity contribution is 5.96. The summed E-state index contributed by atoms with van der Waals surface area (Å²) in [5.74, 6) is -1.79. The van der Waals surface area contributed by atoms with Crippen LogP contribution < -0.4 is 5.32 Å². The normalized spacial score (nSPS) is 11.2. The Kier molecular flexibility index (Phi) is 5.63. The van der Waals surface area contributed by atoms with Crippen molar-refractivity contribution >= 4 is 11.9 Å². The van der Waals surface area contributed by atoms with E-state index < -0.39 is 23.7 Å².